The first-order valence-corrected chi connectivity index (χ1v) is 7.16. The van der Waals surface area contributed by atoms with Crippen LogP contribution in [0.1, 0.15) is 13.8 Å². The molecule has 3 aromatic rings. The molecule has 2 aromatic heterocycles. The molecule has 1 N–H and O–H groups in total. The zero-order valence-corrected chi connectivity index (χ0v) is 12.6. The monoisotopic (exact) mass is 294 g/mol. The smallest absolute Gasteiger partial charge is 0.160 e. The number of pyridine rings is 1. The molecule has 0 saturated carbocycles. The summed E-state index contributed by atoms with van der Waals surface area (Å²) in [6.45, 7) is 3.91. The Labute approximate surface area is 128 Å². The van der Waals surface area contributed by atoms with E-state index < -0.39 is 5.60 Å². The molecule has 112 valence electrons. The Morgan fingerprint density at radius 1 is 1.05 bits per heavy atom. The van der Waals surface area contributed by atoms with Crippen molar-refractivity contribution in [2.75, 3.05) is 0 Å². The fourth-order valence-corrected chi connectivity index (χ4v) is 2.29. The predicted molar refractivity (Wildman–Crippen MR) is 85.5 cm³/mol. The van der Waals surface area contributed by atoms with Gasteiger partial charge in [0.15, 0.2) is 5.65 Å². The van der Waals surface area contributed by atoms with Gasteiger partial charge in [0.2, 0.25) is 0 Å². The van der Waals surface area contributed by atoms with E-state index in [0.717, 1.165) is 16.7 Å². The van der Waals surface area contributed by atoms with Crippen molar-refractivity contribution in [3.8, 4) is 0 Å². The molecule has 0 saturated heterocycles. The second-order valence-corrected chi connectivity index (χ2v) is 5.80. The van der Waals surface area contributed by atoms with Gasteiger partial charge >= 0.3 is 0 Å². The summed E-state index contributed by atoms with van der Waals surface area (Å²) in [5.41, 5.74) is 2.20. The third-order valence-corrected chi connectivity index (χ3v) is 3.17. The van der Waals surface area contributed by atoms with Gasteiger partial charge in [-0.3, -0.25) is 4.98 Å². The Morgan fingerprint density at radius 2 is 1.77 bits per heavy atom. The highest BCUT2D eigenvalue weighted by Crippen LogP contribution is 2.12. The van der Waals surface area contributed by atoms with Crippen LogP contribution in [0.4, 0.5) is 5.69 Å². The van der Waals surface area contributed by atoms with Gasteiger partial charge < -0.3 is 9.67 Å². The third kappa shape index (κ3) is 3.20. The quantitative estimate of drug-likeness (QED) is 0.807. The van der Waals surface area contributed by atoms with Crippen molar-refractivity contribution < 1.29 is 5.11 Å². The Morgan fingerprint density at radius 3 is 2.50 bits per heavy atom. The largest absolute Gasteiger partial charge is 0.389 e. The first-order valence-electron chi connectivity index (χ1n) is 7.16. The fraction of sp³-hybridized carbons (Fsp3) is 0.235. The Kier molecular flexibility index (Phi) is 3.73. The molecule has 0 fully saturated rings. The molecule has 22 heavy (non-hydrogen) atoms. The van der Waals surface area contributed by atoms with Gasteiger partial charge in [0.1, 0.15) is 11.0 Å². The Balaban J connectivity index is 2.25. The Bertz CT molecular complexity index is 848. The molecule has 0 aliphatic carbocycles. The molecule has 5 nitrogen and oxygen atoms in total. The molecule has 0 radical (unpaired) electrons. The van der Waals surface area contributed by atoms with E-state index in [0.29, 0.717) is 12.2 Å². The summed E-state index contributed by atoms with van der Waals surface area (Å²) in [6.07, 6.45) is 3.31. The number of para-hydroxylation sites is 1. The molecule has 0 aliphatic heterocycles. The van der Waals surface area contributed by atoms with Crippen molar-refractivity contribution in [1.82, 2.24) is 14.5 Å². The number of hydrogen-bond donors (Lipinski definition) is 1. The first-order chi connectivity index (χ1) is 10.5. The molecule has 0 spiro atoms. The van der Waals surface area contributed by atoms with Crippen LogP contribution in [0.25, 0.3) is 11.2 Å². The van der Waals surface area contributed by atoms with Crippen LogP contribution < -0.4 is 5.49 Å². The van der Waals surface area contributed by atoms with Gasteiger partial charge in [0.25, 0.3) is 0 Å². The zero-order valence-electron chi connectivity index (χ0n) is 12.6. The van der Waals surface area contributed by atoms with Crippen LogP contribution in [0.5, 0.6) is 0 Å². The summed E-state index contributed by atoms with van der Waals surface area (Å²) < 4.78 is 1.90. The van der Waals surface area contributed by atoms with Gasteiger partial charge in [0, 0.05) is 12.4 Å². The van der Waals surface area contributed by atoms with Crippen LogP contribution in [0.15, 0.2) is 59.9 Å². The van der Waals surface area contributed by atoms with Gasteiger partial charge in [-0.05, 0) is 38.1 Å². The van der Waals surface area contributed by atoms with Gasteiger partial charge in [0.05, 0.1) is 17.8 Å². The third-order valence-electron chi connectivity index (χ3n) is 3.17. The summed E-state index contributed by atoms with van der Waals surface area (Å²) in [5, 5.41) is 10.2. The highest BCUT2D eigenvalue weighted by molar-refractivity contribution is 5.69. The SMILES string of the molecule is CC(C)(O)Cn1c(=Nc2ccccc2)ccc2nccnc21. The summed E-state index contributed by atoms with van der Waals surface area (Å²) in [4.78, 5) is 13.4. The fourth-order valence-electron chi connectivity index (χ4n) is 2.29. The normalized spacial score (nSPS) is 12.8. The lowest BCUT2D eigenvalue weighted by molar-refractivity contribution is 0.0614. The van der Waals surface area contributed by atoms with E-state index in [-0.39, 0.29) is 0 Å². The number of fused-ring (bicyclic) bond motifs is 1. The summed E-state index contributed by atoms with van der Waals surface area (Å²) in [7, 11) is 0. The number of rotatable bonds is 3. The maximum atomic E-state index is 10.2. The van der Waals surface area contributed by atoms with Crippen molar-refractivity contribution in [2.45, 2.75) is 26.0 Å². The molecule has 0 unspecified atom stereocenters. The van der Waals surface area contributed by atoms with E-state index in [1.807, 2.05) is 47.0 Å². The Hall–Kier alpha value is -2.53. The minimum absolute atomic E-state index is 0.384. The maximum absolute atomic E-state index is 10.2. The minimum Gasteiger partial charge on any atom is -0.389 e. The van der Waals surface area contributed by atoms with E-state index in [1.54, 1.807) is 26.2 Å². The van der Waals surface area contributed by atoms with Gasteiger partial charge in [-0.1, -0.05) is 18.2 Å². The van der Waals surface area contributed by atoms with Crippen LogP contribution in [-0.2, 0) is 6.54 Å². The number of benzene rings is 1. The minimum atomic E-state index is -0.878. The number of hydrogen-bond acceptors (Lipinski definition) is 4. The van der Waals surface area contributed by atoms with Gasteiger partial charge in [-0.25, -0.2) is 9.98 Å². The summed E-state index contributed by atoms with van der Waals surface area (Å²) in [5.74, 6) is 0. The standard InChI is InChI=1S/C17H18N4O/c1-17(2,22)12-21-15(20-13-6-4-3-5-7-13)9-8-14-16(21)19-11-10-18-14/h3-11,22H,12H2,1-2H3. The average Bonchev–Trinajstić information content (AvgIpc) is 2.49. The van der Waals surface area contributed by atoms with E-state index >= 15 is 0 Å². The number of nitrogens with zero attached hydrogens (tertiary/aromatic N) is 4. The highest BCUT2D eigenvalue weighted by atomic mass is 16.3. The zero-order chi connectivity index (χ0) is 15.6. The lowest BCUT2D eigenvalue weighted by atomic mass is 10.1. The molecule has 5 heteroatoms. The van der Waals surface area contributed by atoms with Crippen molar-refractivity contribution in [1.29, 1.82) is 0 Å². The van der Waals surface area contributed by atoms with Crippen LogP contribution in [0.2, 0.25) is 0 Å². The van der Waals surface area contributed by atoms with Crippen LogP contribution >= 0.6 is 0 Å². The molecular weight excluding hydrogens is 276 g/mol. The molecule has 0 atom stereocenters. The predicted octanol–water partition coefficient (Wildman–Crippen LogP) is 2.43. The second kappa shape index (κ2) is 5.69. The molecule has 3 rings (SSSR count). The maximum Gasteiger partial charge on any atom is 0.160 e. The van der Waals surface area contributed by atoms with Crippen LogP contribution in [0, 0.1) is 0 Å². The topological polar surface area (TPSA) is 63.3 Å². The molecular formula is C17H18N4O. The van der Waals surface area contributed by atoms with Crippen molar-refractivity contribution in [3.05, 3.63) is 60.3 Å². The number of aromatic nitrogens is 3. The van der Waals surface area contributed by atoms with Gasteiger partial charge in [-0.2, -0.15) is 0 Å². The van der Waals surface area contributed by atoms with Crippen molar-refractivity contribution >= 4 is 16.9 Å². The van der Waals surface area contributed by atoms with Crippen LogP contribution in [-0.4, -0.2) is 25.2 Å². The molecule has 0 amide bonds. The van der Waals surface area contributed by atoms with E-state index in [2.05, 4.69) is 15.0 Å². The first kappa shape index (κ1) is 14.4. The lowest BCUT2D eigenvalue weighted by Gasteiger charge is -2.20. The lowest BCUT2D eigenvalue weighted by Crippen LogP contribution is -2.33. The highest BCUT2D eigenvalue weighted by Gasteiger charge is 2.16. The average molecular weight is 294 g/mol. The van der Waals surface area contributed by atoms with Crippen molar-refractivity contribution in [2.24, 2.45) is 4.99 Å². The number of aliphatic hydroxyl groups is 1. The second-order valence-electron chi connectivity index (χ2n) is 5.80. The molecule has 0 bridgehead atoms. The van der Waals surface area contributed by atoms with E-state index in [4.69, 9.17) is 0 Å². The van der Waals surface area contributed by atoms with Crippen LogP contribution in [0.3, 0.4) is 0 Å². The van der Waals surface area contributed by atoms with Gasteiger partial charge in [-0.15, -0.1) is 0 Å². The molecule has 1 aromatic carbocycles. The molecule has 2 heterocycles. The van der Waals surface area contributed by atoms with Crippen molar-refractivity contribution in [3.63, 3.8) is 0 Å². The summed E-state index contributed by atoms with van der Waals surface area (Å²) in [6, 6.07) is 13.5. The van der Waals surface area contributed by atoms with E-state index in [1.165, 1.54) is 0 Å². The molecule has 0 aliphatic rings. The summed E-state index contributed by atoms with van der Waals surface area (Å²) >= 11 is 0. The van der Waals surface area contributed by atoms with E-state index in [9.17, 15) is 5.11 Å².